The highest BCUT2D eigenvalue weighted by atomic mass is 32.2. The Morgan fingerprint density at radius 2 is 2.44 bits per heavy atom. The van der Waals surface area contributed by atoms with Crippen molar-refractivity contribution in [3.8, 4) is 12.3 Å². The normalized spacial score (nSPS) is 8.11. The number of carbonyl (C=O) groups is 1. The molecule has 9 heavy (non-hydrogen) atoms. The summed E-state index contributed by atoms with van der Waals surface area (Å²) >= 11 is 1.16. The van der Waals surface area contributed by atoms with Crippen molar-refractivity contribution in [2.45, 2.75) is 0 Å². The van der Waals surface area contributed by atoms with Crippen LogP contribution in [0.4, 0.5) is 4.79 Å². The zero-order valence-corrected chi connectivity index (χ0v) is 6.36. The van der Waals surface area contributed by atoms with E-state index < -0.39 is 0 Å². The van der Waals surface area contributed by atoms with Crippen LogP contribution in [-0.2, 0) is 0 Å². The van der Waals surface area contributed by atoms with Gasteiger partial charge in [0, 0.05) is 7.05 Å². The van der Waals surface area contributed by atoms with Crippen molar-refractivity contribution in [3.05, 3.63) is 0 Å². The Labute approximate surface area is 59.6 Å². The smallest absolute Gasteiger partial charge is 0.281 e. The molecule has 1 amide bonds. The lowest BCUT2D eigenvalue weighted by molar-refractivity contribution is 0.238. The Hall–Kier alpha value is -0.620. The molecule has 0 aromatic rings. The van der Waals surface area contributed by atoms with Crippen molar-refractivity contribution in [2.24, 2.45) is 0 Å². The van der Waals surface area contributed by atoms with Crippen LogP contribution in [0.25, 0.3) is 0 Å². The maximum atomic E-state index is 10.7. The van der Waals surface area contributed by atoms with E-state index >= 15 is 0 Å². The van der Waals surface area contributed by atoms with Gasteiger partial charge in [-0.05, 0) is 6.26 Å². The van der Waals surface area contributed by atoms with E-state index in [0.717, 1.165) is 11.8 Å². The zero-order chi connectivity index (χ0) is 7.28. The maximum Gasteiger partial charge on any atom is 0.281 e. The van der Waals surface area contributed by atoms with Gasteiger partial charge in [-0.2, -0.15) is 0 Å². The van der Waals surface area contributed by atoms with Crippen molar-refractivity contribution >= 4 is 17.0 Å². The Morgan fingerprint density at radius 3 is 2.78 bits per heavy atom. The van der Waals surface area contributed by atoms with Crippen LogP contribution in [-0.4, -0.2) is 30.0 Å². The van der Waals surface area contributed by atoms with E-state index in [0.29, 0.717) is 6.54 Å². The summed E-state index contributed by atoms with van der Waals surface area (Å²) in [5.41, 5.74) is 0. The first-order valence-corrected chi connectivity index (χ1v) is 3.67. The van der Waals surface area contributed by atoms with E-state index in [1.807, 2.05) is 0 Å². The van der Waals surface area contributed by atoms with Crippen molar-refractivity contribution in [2.75, 3.05) is 19.8 Å². The molecular formula is C6H9NOS. The molecule has 0 radical (unpaired) electrons. The average Bonchev–Trinajstić information content (AvgIpc) is 1.87. The van der Waals surface area contributed by atoms with Crippen LogP contribution in [0.3, 0.4) is 0 Å². The van der Waals surface area contributed by atoms with Crippen molar-refractivity contribution in [3.63, 3.8) is 0 Å². The van der Waals surface area contributed by atoms with Gasteiger partial charge in [-0.1, -0.05) is 17.7 Å². The van der Waals surface area contributed by atoms with E-state index in [1.54, 1.807) is 13.3 Å². The van der Waals surface area contributed by atoms with Crippen LogP contribution in [0, 0.1) is 12.3 Å². The highest BCUT2D eigenvalue weighted by Gasteiger charge is 2.02. The van der Waals surface area contributed by atoms with Gasteiger partial charge in [0.15, 0.2) is 0 Å². The molecule has 0 saturated heterocycles. The van der Waals surface area contributed by atoms with Gasteiger partial charge in [0.1, 0.15) is 0 Å². The summed E-state index contributed by atoms with van der Waals surface area (Å²) in [7, 11) is 1.68. The number of rotatable bonds is 1. The molecule has 0 saturated carbocycles. The highest BCUT2D eigenvalue weighted by molar-refractivity contribution is 8.12. The molecule has 0 aromatic heterocycles. The van der Waals surface area contributed by atoms with Crippen LogP contribution in [0.1, 0.15) is 0 Å². The molecule has 0 aliphatic heterocycles. The van der Waals surface area contributed by atoms with E-state index in [1.165, 1.54) is 4.90 Å². The van der Waals surface area contributed by atoms with Gasteiger partial charge in [0.2, 0.25) is 0 Å². The van der Waals surface area contributed by atoms with E-state index in [9.17, 15) is 4.79 Å². The Morgan fingerprint density at radius 1 is 1.89 bits per heavy atom. The second kappa shape index (κ2) is 4.28. The molecule has 0 atom stereocenters. The molecular weight excluding hydrogens is 134 g/mol. The predicted octanol–water partition coefficient (Wildman–Crippen LogP) is 1.03. The molecule has 2 nitrogen and oxygen atoms in total. The van der Waals surface area contributed by atoms with Gasteiger partial charge < -0.3 is 4.90 Å². The van der Waals surface area contributed by atoms with Crippen molar-refractivity contribution < 1.29 is 4.79 Å². The van der Waals surface area contributed by atoms with Crippen LogP contribution in [0.5, 0.6) is 0 Å². The monoisotopic (exact) mass is 143 g/mol. The van der Waals surface area contributed by atoms with Crippen LogP contribution in [0.15, 0.2) is 0 Å². The zero-order valence-electron chi connectivity index (χ0n) is 5.55. The van der Waals surface area contributed by atoms with Crippen LogP contribution < -0.4 is 0 Å². The van der Waals surface area contributed by atoms with E-state index in [2.05, 4.69) is 5.92 Å². The van der Waals surface area contributed by atoms with Crippen LogP contribution in [0.2, 0.25) is 0 Å². The maximum absolute atomic E-state index is 10.7. The Balaban J connectivity index is 3.62. The highest BCUT2D eigenvalue weighted by Crippen LogP contribution is 1.99. The molecule has 0 unspecified atom stereocenters. The largest absolute Gasteiger partial charge is 0.326 e. The lowest BCUT2D eigenvalue weighted by atomic mass is 10.6. The molecule has 0 N–H and O–H groups in total. The quantitative estimate of drug-likeness (QED) is 0.511. The predicted molar refractivity (Wildman–Crippen MR) is 40.4 cm³/mol. The van der Waals surface area contributed by atoms with Crippen LogP contribution >= 0.6 is 11.8 Å². The summed E-state index contributed by atoms with van der Waals surface area (Å²) < 4.78 is 0. The average molecular weight is 143 g/mol. The lowest BCUT2D eigenvalue weighted by Gasteiger charge is -2.10. The molecule has 3 heteroatoms. The number of hydrogen-bond acceptors (Lipinski definition) is 2. The Bertz CT molecular complexity index is 138. The summed E-state index contributed by atoms with van der Waals surface area (Å²) in [4.78, 5) is 12.2. The second-order valence-electron chi connectivity index (χ2n) is 1.53. The lowest BCUT2D eigenvalue weighted by Crippen LogP contribution is -2.22. The molecule has 0 heterocycles. The first-order valence-electron chi connectivity index (χ1n) is 2.45. The van der Waals surface area contributed by atoms with Crippen molar-refractivity contribution in [1.29, 1.82) is 0 Å². The first kappa shape index (κ1) is 8.38. The van der Waals surface area contributed by atoms with Gasteiger partial charge in [-0.3, -0.25) is 4.79 Å². The van der Waals surface area contributed by atoms with E-state index in [4.69, 9.17) is 6.42 Å². The van der Waals surface area contributed by atoms with Gasteiger partial charge in [0.05, 0.1) is 6.54 Å². The fourth-order valence-corrected chi connectivity index (χ4v) is 0.734. The molecule has 0 aliphatic carbocycles. The number of carbonyl (C=O) groups excluding carboxylic acids is 1. The van der Waals surface area contributed by atoms with Gasteiger partial charge in [-0.15, -0.1) is 6.42 Å². The summed E-state index contributed by atoms with van der Waals surface area (Å²) in [6, 6.07) is 0. The molecule has 0 fully saturated rings. The Kier molecular flexibility index (Phi) is 3.98. The summed E-state index contributed by atoms with van der Waals surface area (Å²) in [5.74, 6) is 2.37. The molecule has 0 spiro atoms. The summed E-state index contributed by atoms with van der Waals surface area (Å²) in [5, 5.41) is 0.00736. The second-order valence-corrected chi connectivity index (χ2v) is 2.29. The minimum absolute atomic E-state index is 0.00736. The number of nitrogens with zero attached hydrogens (tertiary/aromatic N) is 1. The standard InChI is InChI=1S/C6H9NOS/c1-4-5-7(2)6(8)9-3/h1H,5H2,2-3H3. The number of amides is 1. The van der Waals surface area contributed by atoms with Gasteiger partial charge in [0.25, 0.3) is 5.24 Å². The van der Waals surface area contributed by atoms with Crippen molar-refractivity contribution in [1.82, 2.24) is 4.90 Å². The molecule has 0 rings (SSSR count). The third-order valence-corrected chi connectivity index (χ3v) is 1.48. The molecule has 0 aromatic carbocycles. The topological polar surface area (TPSA) is 20.3 Å². The molecule has 0 bridgehead atoms. The number of terminal acetylenes is 1. The SMILES string of the molecule is C#CCN(C)C(=O)SC. The fraction of sp³-hybridized carbons (Fsp3) is 0.500. The minimum Gasteiger partial charge on any atom is -0.326 e. The summed E-state index contributed by atoms with van der Waals surface area (Å²) in [6.45, 7) is 0.389. The third kappa shape index (κ3) is 3.04. The third-order valence-electron chi connectivity index (χ3n) is 0.815. The number of hydrogen-bond donors (Lipinski definition) is 0. The number of thioether (sulfide) groups is 1. The first-order chi connectivity index (χ1) is 4.22. The fourth-order valence-electron chi connectivity index (χ4n) is 0.357. The summed E-state index contributed by atoms with van der Waals surface area (Å²) in [6.07, 6.45) is 6.70. The minimum atomic E-state index is 0.00736. The van der Waals surface area contributed by atoms with Gasteiger partial charge >= 0.3 is 0 Å². The van der Waals surface area contributed by atoms with Gasteiger partial charge in [-0.25, -0.2) is 0 Å². The molecule has 0 aliphatic rings. The van der Waals surface area contributed by atoms with E-state index in [-0.39, 0.29) is 5.24 Å². The molecule has 50 valence electrons.